The summed E-state index contributed by atoms with van der Waals surface area (Å²) in [6.07, 6.45) is 10.1. The molecule has 1 amide bonds. The first-order valence-electron chi connectivity index (χ1n) is 31.8. The van der Waals surface area contributed by atoms with E-state index in [9.17, 15) is 49.9 Å². The number of aliphatic carboxylic acids is 5. The topological polar surface area (TPSA) is 241 Å². The second-order valence-electron chi connectivity index (χ2n) is 25.7. The second kappa shape index (κ2) is 41.7. The number of amides is 1. The van der Waals surface area contributed by atoms with E-state index in [0.29, 0.717) is 77.9 Å². The maximum absolute atomic E-state index is 12.7. The highest BCUT2D eigenvalue weighted by Gasteiger charge is 2.72. The average molecular weight is 1650 g/mol. The second-order valence-corrected chi connectivity index (χ2v) is 32.3. The molecule has 0 aromatic heterocycles. The minimum absolute atomic E-state index is 0. The van der Waals surface area contributed by atoms with Crippen molar-refractivity contribution in [3.05, 3.63) is 24.3 Å². The molecule has 97 heavy (non-hydrogen) atoms. The number of likely N-dealkylation sites (N-methyl/N-ethyl adjacent to an activating group) is 2. The number of hydrogen-bond donors (Lipinski definition) is 7. The molecule has 6 saturated carbocycles. The van der Waals surface area contributed by atoms with Crippen LogP contribution in [0.2, 0.25) is 0 Å². The number of hydrogen-bond acceptors (Lipinski definition) is 11. The van der Waals surface area contributed by atoms with Crippen molar-refractivity contribution in [1.29, 1.82) is 0 Å². The highest BCUT2D eigenvalue weighted by Crippen LogP contribution is 2.67. The van der Waals surface area contributed by atoms with Crippen LogP contribution in [0.1, 0.15) is 107 Å². The van der Waals surface area contributed by atoms with Crippen LogP contribution in [-0.2, 0) is 28.8 Å². The van der Waals surface area contributed by atoms with E-state index < -0.39 is 70.1 Å². The number of halogens is 19. The van der Waals surface area contributed by atoms with Gasteiger partial charge >= 0.3 is 42.2 Å². The third-order valence-corrected chi connectivity index (χ3v) is 24.0. The number of rotatable bonds is 6. The summed E-state index contributed by atoms with van der Waals surface area (Å²) >= 11 is 57.5. The molecule has 6 aliphatic heterocycles. The van der Waals surface area contributed by atoms with Gasteiger partial charge in [-0.1, -0.05) is 76.7 Å². The van der Waals surface area contributed by atoms with Crippen molar-refractivity contribution in [3.63, 3.8) is 0 Å². The van der Waals surface area contributed by atoms with Crippen LogP contribution in [0.15, 0.2) is 24.3 Å². The fourth-order valence-electron chi connectivity index (χ4n) is 13.3. The van der Waals surface area contributed by atoms with Gasteiger partial charge in [-0.15, -0.1) is 141 Å². The largest absolute Gasteiger partial charge is 0.490 e. The average Bonchev–Trinajstić information content (AvgIpc) is 1.57. The summed E-state index contributed by atoms with van der Waals surface area (Å²) in [7, 11) is 5.05. The lowest BCUT2D eigenvalue weighted by atomic mass is 9.80. The number of alkyl halides is 17. The van der Waals surface area contributed by atoms with Crippen molar-refractivity contribution in [1.82, 2.24) is 30.2 Å². The van der Waals surface area contributed by atoms with Gasteiger partial charge in [0, 0.05) is 117 Å². The Labute approximate surface area is 628 Å². The lowest BCUT2D eigenvalue weighted by Crippen LogP contribution is -2.44. The van der Waals surface area contributed by atoms with Crippen molar-refractivity contribution in [2.24, 2.45) is 71.0 Å². The van der Waals surface area contributed by atoms with E-state index in [-0.39, 0.29) is 68.5 Å². The van der Waals surface area contributed by atoms with Gasteiger partial charge in [-0.25, -0.2) is 9.59 Å². The van der Waals surface area contributed by atoms with Crippen LogP contribution < -0.4 is 10.6 Å². The maximum Gasteiger partial charge on any atom is 0.490 e. The molecule has 0 radical (unpaired) electrons. The molecule has 12 aliphatic rings. The molecule has 17 nitrogen and oxygen atoms in total. The number of likely N-dealkylation sites (tertiary alicyclic amines) is 2. The molecule has 12 rings (SSSR count). The lowest BCUT2D eigenvalue weighted by Gasteiger charge is -2.33. The first kappa shape index (κ1) is 94.1. The van der Waals surface area contributed by atoms with Gasteiger partial charge in [0.15, 0.2) is 0 Å². The third kappa shape index (κ3) is 27.5. The van der Waals surface area contributed by atoms with E-state index in [2.05, 4.69) is 81.3 Å². The molecule has 7 N–H and O–H groups in total. The summed E-state index contributed by atoms with van der Waals surface area (Å²) in [5.74, 6) is -3.64. The van der Waals surface area contributed by atoms with Gasteiger partial charge in [-0.2, -0.15) is 26.3 Å². The van der Waals surface area contributed by atoms with E-state index in [1.807, 2.05) is 17.9 Å². The number of carboxylic acids is 5. The Hall–Kier alpha value is -0.910. The molecule has 4 saturated heterocycles. The first-order chi connectivity index (χ1) is 44.1. The van der Waals surface area contributed by atoms with Gasteiger partial charge in [0.1, 0.15) is 29.4 Å². The summed E-state index contributed by atoms with van der Waals surface area (Å²) in [4.78, 5) is 70.3. The normalized spacial score (nSPS) is 32.4. The number of nitrogens with zero attached hydrogens (tertiary/aromatic N) is 4. The highest BCUT2D eigenvalue weighted by atomic mass is 35.5. The van der Waals surface area contributed by atoms with Crippen LogP contribution in [0.25, 0.3) is 0 Å². The van der Waals surface area contributed by atoms with Crippen molar-refractivity contribution >= 4 is 177 Å². The third-order valence-electron chi connectivity index (χ3n) is 19.7. The van der Waals surface area contributed by atoms with E-state index >= 15 is 0 Å². The van der Waals surface area contributed by atoms with Crippen LogP contribution in [0.4, 0.5) is 30.7 Å². The first-order valence-corrected chi connectivity index (χ1v) is 35.2. The molecule has 16 atom stereocenters. The van der Waals surface area contributed by atoms with Crippen LogP contribution in [0.5, 0.6) is 0 Å². The zero-order valence-electron chi connectivity index (χ0n) is 56.1. The van der Waals surface area contributed by atoms with Gasteiger partial charge < -0.3 is 46.0 Å². The van der Waals surface area contributed by atoms with Gasteiger partial charge in [0.2, 0.25) is 5.91 Å². The molecule has 568 valence electrons. The smallest absolute Gasteiger partial charge is 0.481 e. The quantitative estimate of drug-likeness (QED) is 0.0743. The number of nitrogens with one attached hydrogen (secondary N) is 2. The standard InChI is InChI=1S/C15H23Cl2NO.C9H16O2.C7H11Cl2N.C6H7Cl2NO2.C6H9Cl2N.C6H9NO2.C6H11N.2C2HF3O2.CH2Cl2.CH3F.2ClH/c1-9(11-6-4-3-5-7-11)14(19)18-8-12-13(10(18)2)15(12,16)17;1-7(9(10)11)8-5-3-2-4-6-8;1-4-6-5(3-10(4)2)7(6,8)9;7-6(8)2-1-9-4(3(2)6)5(10)11;1-3-5-4(2-9-3)6(5,7)8;1-7-4-2-3-5(7)6(8)9;1-6-4-3-5-7(6)2;2*3-2(4,5)1(6)7;2-1-3;1-2;;/h9-13H,3-8H2,1-2H3;7-8H,2-6H2,1H3,(H,10,11);4-6H,3H2,1-2H3;2-4,9H,1H2,(H,10,11);3-5,9H,2H2,1H3;2-3,5H,4H2,1H3,(H,8,9);3-4,6H,5H2,1-2H3;2*(H,6,7);1H2;1H3;2*1H/t9-,10+,12-,13+;7-;4-,5+,6-;2-,3-,4-;3-,4+,5-;5-;6-;;;;;;/m0010101....../s1/i;;;;;;;;;;1D;;. The summed E-state index contributed by atoms with van der Waals surface area (Å²) in [6, 6.07) is 1.02. The molecule has 36 heteroatoms. The van der Waals surface area contributed by atoms with E-state index in [4.69, 9.17) is 153 Å². The van der Waals surface area contributed by atoms with Crippen LogP contribution >= 0.6 is 141 Å². The fourth-order valence-corrected chi connectivity index (χ4v) is 17.1. The molecule has 10 fully saturated rings. The number of piperidine rings is 4. The Morgan fingerprint density at radius 2 is 0.928 bits per heavy atom. The number of carboxylic acid groups (broad SMARTS) is 5. The zero-order valence-corrected chi connectivity index (χ0v) is 64.3. The predicted molar refractivity (Wildman–Crippen MR) is 375 cm³/mol. The van der Waals surface area contributed by atoms with E-state index in [1.54, 1.807) is 18.0 Å². The van der Waals surface area contributed by atoms with Crippen molar-refractivity contribution in [3.8, 4) is 0 Å². The van der Waals surface area contributed by atoms with E-state index in [0.717, 1.165) is 45.6 Å². The number of carbonyl (C=O) groups is 6. The maximum atomic E-state index is 12.7. The molecule has 0 aromatic carbocycles. The SMILES string of the molecule is CN1CC=C[C@H]1C(=O)O.C[C@@H]1C=CCN1C.C[C@@H]1[C@@H]2[C@H](CN1C)C2(Cl)Cl.C[C@H](C(=O)N1C[C@H]2[C@@H]([C@H]1C)C2(Cl)Cl)C1CCCCC1.C[C@H](C(=O)O)C1CCCCC1.C[C@H]1NC[C@H]2[C@@H]1C2(Cl)Cl.Cl.Cl.ClCCl.O=C(O)C(F)(F)F.O=C(O)C(F)(F)F.O=C(O)[C@H]1NC[C@H]2[C@@H]1C2(Cl)Cl.[2H]CF. The monoisotopic (exact) mass is 1640 g/mol. The summed E-state index contributed by atoms with van der Waals surface area (Å²) in [6.45, 7) is 17.9. The lowest BCUT2D eigenvalue weighted by molar-refractivity contribution is -0.193. The minimum atomic E-state index is -5.08. The van der Waals surface area contributed by atoms with Crippen LogP contribution in [-0.4, -0.2) is 220 Å². The van der Waals surface area contributed by atoms with Crippen molar-refractivity contribution in [2.45, 2.75) is 172 Å². The summed E-state index contributed by atoms with van der Waals surface area (Å²) in [5, 5.41) is 46.5. The van der Waals surface area contributed by atoms with Crippen LogP contribution in [0.3, 0.4) is 0 Å². The van der Waals surface area contributed by atoms with E-state index in [1.165, 1.54) is 51.4 Å². The number of carbonyl (C=O) groups excluding carboxylic acids is 1. The van der Waals surface area contributed by atoms with Crippen molar-refractivity contribution in [2.75, 3.05) is 72.9 Å². The Bertz CT molecular complexity index is 2550. The Balaban J connectivity index is 0.00000109. The van der Waals surface area contributed by atoms with Gasteiger partial charge in [0.05, 0.1) is 19.8 Å². The summed E-state index contributed by atoms with van der Waals surface area (Å²) in [5.41, 5.74) is 0. The zero-order chi connectivity index (χ0) is 74.1. The van der Waals surface area contributed by atoms with Gasteiger partial charge in [0.25, 0.3) is 0 Å². The van der Waals surface area contributed by atoms with Crippen LogP contribution in [0, 0.1) is 71.0 Å². The highest BCUT2D eigenvalue weighted by molar-refractivity contribution is 6.53. The Kier molecular flexibility index (Phi) is 40.4. The van der Waals surface area contributed by atoms with Gasteiger partial charge in [-0.05, 0) is 86.4 Å². The molecule has 0 aromatic rings. The predicted octanol–water partition coefficient (Wildman–Crippen LogP) is 14.7. The fraction of sp³-hybridized carbons (Fsp3) is 0.836. The molecule has 0 bridgehead atoms. The molecular weight excluding hydrogens is 1550 g/mol. The Morgan fingerprint density at radius 3 is 1.15 bits per heavy atom. The Morgan fingerprint density at radius 1 is 0.557 bits per heavy atom. The molecule has 6 aliphatic carbocycles. The number of fused-ring (bicyclic) bond motifs is 4. The van der Waals surface area contributed by atoms with Gasteiger partial charge in [-0.3, -0.25) is 33.4 Å². The van der Waals surface area contributed by atoms with Crippen molar-refractivity contribution < 1.29 is 86.4 Å². The molecular formula is C61H95Cl12F7N6O11. The molecule has 0 spiro atoms. The molecule has 6 heterocycles. The summed E-state index contributed by atoms with van der Waals surface area (Å²) < 4.78 is 76.9. The molecule has 0 unspecified atom stereocenters. The minimum Gasteiger partial charge on any atom is -0.481 e.